The van der Waals surface area contributed by atoms with Crippen LogP contribution in [0.15, 0.2) is 0 Å². The molecule has 0 aliphatic carbocycles. The van der Waals surface area contributed by atoms with Crippen molar-refractivity contribution < 1.29 is 24.4 Å². The van der Waals surface area contributed by atoms with Gasteiger partial charge >= 0.3 is 17.6 Å². The Kier molecular flexibility index (Phi) is 1.05. The SMILES string of the molecule is CC1(C(=O)O)C=[N+]1C(=O)O. The van der Waals surface area contributed by atoms with Crippen LogP contribution in [0.5, 0.6) is 0 Å². The summed E-state index contributed by atoms with van der Waals surface area (Å²) in [6, 6.07) is 0. The van der Waals surface area contributed by atoms with Crippen LogP contribution in [0.4, 0.5) is 4.79 Å². The van der Waals surface area contributed by atoms with E-state index in [9.17, 15) is 9.59 Å². The molecule has 1 aliphatic heterocycles. The number of hydrogen-bond donors (Lipinski definition) is 2. The van der Waals surface area contributed by atoms with Crippen LogP contribution in [-0.4, -0.2) is 38.6 Å². The molecule has 0 aromatic rings. The minimum atomic E-state index is -1.29. The molecule has 5 nitrogen and oxygen atoms in total. The Balaban J connectivity index is 2.71. The van der Waals surface area contributed by atoms with E-state index in [4.69, 9.17) is 10.2 Å². The minimum absolute atomic E-state index is 0.745. The Morgan fingerprint density at radius 3 is 2.10 bits per heavy atom. The number of carboxylic acids is 1. The molecule has 0 radical (unpaired) electrons. The lowest BCUT2D eigenvalue weighted by molar-refractivity contribution is -0.409. The lowest BCUT2D eigenvalue weighted by Gasteiger charge is -1.90. The Morgan fingerprint density at radius 1 is 1.50 bits per heavy atom. The third-order valence-electron chi connectivity index (χ3n) is 1.45. The summed E-state index contributed by atoms with van der Waals surface area (Å²) < 4.78 is 0.745. The Morgan fingerprint density at radius 2 is 2.00 bits per heavy atom. The molecule has 10 heavy (non-hydrogen) atoms. The van der Waals surface area contributed by atoms with Gasteiger partial charge in [-0.15, -0.1) is 0 Å². The summed E-state index contributed by atoms with van der Waals surface area (Å²) in [6.45, 7) is 1.32. The first kappa shape index (κ1) is 6.73. The first-order valence-corrected chi connectivity index (χ1v) is 2.60. The fourth-order valence-corrected chi connectivity index (χ4v) is 0.635. The maximum Gasteiger partial charge on any atom is 0.595 e. The quantitative estimate of drug-likeness (QED) is 0.491. The second-order valence-electron chi connectivity index (χ2n) is 2.23. The summed E-state index contributed by atoms with van der Waals surface area (Å²) in [4.78, 5) is 20.4. The van der Waals surface area contributed by atoms with E-state index >= 15 is 0 Å². The van der Waals surface area contributed by atoms with Gasteiger partial charge in [-0.3, -0.25) is 0 Å². The summed E-state index contributed by atoms with van der Waals surface area (Å²) in [5.41, 5.74) is -1.29. The highest BCUT2D eigenvalue weighted by atomic mass is 16.4. The largest absolute Gasteiger partial charge is 0.595 e. The van der Waals surface area contributed by atoms with E-state index in [0.29, 0.717) is 0 Å². The first-order chi connectivity index (χ1) is 4.48. The van der Waals surface area contributed by atoms with Crippen molar-refractivity contribution >= 4 is 18.3 Å². The number of amides is 1. The predicted octanol–water partition coefficient (Wildman–Crippen LogP) is -0.395. The summed E-state index contributed by atoms with van der Waals surface area (Å²) in [5.74, 6) is -1.14. The molecule has 0 aromatic carbocycles. The van der Waals surface area contributed by atoms with E-state index in [2.05, 4.69) is 0 Å². The molecule has 1 atom stereocenters. The molecule has 5 heteroatoms. The maximum atomic E-state index is 10.3. The van der Waals surface area contributed by atoms with Crippen molar-refractivity contribution in [2.45, 2.75) is 12.5 Å². The Labute approximate surface area is 56.2 Å². The number of aliphatic carboxylic acids is 1. The zero-order chi connectivity index (χ0) is 7.94. The lowest BCUT2D eigenvalue weighted by Crippen LogP contribution is -2.31. The highest BCUT2D eigenvalue weighted by Crippen LogP contribution is 2.19. The van der Waals surface area contributed by atoms with Gasteiger partial charge in [-0.05, 0) is 0 Å². The van der Waals surface area contributed by atoms with Gasteiger partial charge in [0.15, 0.2) is 0 Å². The van der Waals surface area contributed by atoms with Gasteiger partial charge < -0.3 is 10.2 Å². The minimum Gasteiger partial charge on any atom is -0.476 e. The fourth-order valence-electron chi connectivity index (χ4n) is 0.635. The summed E-state index contributed by atoms with van der Waals surface area (Å²) in [6.07, 6.45) is -0.0950. The zero-order valence-electron chi connectivity index (χ0n) is 5.24. The summed E-state index contributed by atoms with van der Waals surface area (Å²) in [7, 11) is 0. The third kappa shape index (κ3) is 0.671. The average molecular weight is 144 g/mol. The normalized spacial score (nSPS) is 29.1. The highest BCUT2D eigenvalue weighted by molar-refractivity contribution is 6.04. The van der Waals surface area contributed by atoms with Gasteiger partial charge in [-0.2, -0.15) is 4.79 Å². The number of nitrogens with zero attached hydrogens (tertiary/aromatic N) is 1. The second kappa shape index (κ2) is 1.56. The van der Waals surface area contributed by atoms with Gasteiger partial charge in [0, 0.05) is 6.92 Å². The van der Waals surface area contributed by atoms with E-state index in [1.54, 1.807) is 0 Å². The molecule has 0 spiro atoms. The molecule has 2 N–H and O–H groups in total. The molecule has 1 rings (SSSR count). The standard InChI is InChI=1S/C5H5NO4/c1-5(3(7)8)2-6(5)4(9)10/h2H,1H3,(H-,7,8,9,10)/p+1. The molecule has 0 aromatic heterocycles. The summed E-state index contributed by atoms with van der Waals surface area (Å²) in [5, 5.41) is 16.7. The van der Waals surface area contributed by atoms with Crippen LogP contribution in [0.1, 0.15) is 6.92 Å². The number of carbonyl (C=O) groups is 2. The van der Waals surface area contributed by atoms with Crippen LogP contribution in [-0.2, 0) is 4.79 Å². The molecule has 1 unspecified atom stereocenters. The van der Waals surface area contributed by atoms with Crippen LogP contribution in [0.2, 0.25) is 0 Å². The van der Waals surface area contributed by atoms with Crippen molar-refractivity contribution in [3.8, 4) is 0 Å². The fraction of sp³-hybridized carbons (Fsp3) is 0.400. The van der Waals surface area contributed by atoms with Crippen LogP contribution < -0.4 is 0 Å². The van der Waals surface area contributed by atoms with Gasteiger partial charge in [-0.1, -0.05) is 4.58 Å². The van der Waals surface area contributed by atoms with Crippen LogP contribution in [0, 0.1) is 0 Å². The molecular formula is C5H6NO4+. The zero-order valence-corrected chi connectivity index (χ0v) is 5.24. The highest BCUT2D eigenvalue weighted by Gasteiger charge is 2.63. The van der Waals surface area contributed by atoms with Crippen molar-refractivity contribution in [2.75, 3.05) is 0 Å². The van der Waals surface area contributed by atoms with Crippen molar-refractivity contribution in [3.05, 3.63) is 0 Å². The summed E-state index contributed by atoms with van der Waals surface area (Å²) >= 11 is 0. The molecular weight excluding hydrogens is 138 g/mol. The van der Waals surface area contributed by atoms with Crippen molar-refractivity contribution in [1.82, 2.24) is 0 Å². The third-order valence-corrected chi connectivity index (χ3v) is 1.45. The maximum absolute atomic E-state index is 10.3. The molecule has 54 valence electrons. The second-order valence-corrected chi connectivity index (χ2v) is 2.23. The smallest absolute Gasteiger partial charge is 0.476 e. The monoisotopic (exact) mass is 144 g/mol. The number of rotatable bonds is 1. The topological polar surface area (TPSA) is 77.6 Å². The van der Waals surface area contributed by atoms with Crippen molar-refractivity contribution in [2.24, 2.45) is 0 Å². The van der Waals surface area contributed by atoms with Crippen molar-refractivity contribution in [3.63, 3.8) is 0 Å². The van der Waals surface area contributed by atoms with Gasteiger partial charge in [-0.25, -0.2) is 4.79 Å². The molecule has 1 aliphatic rings. The van der Waals surface area contributed by atoms with Crippen molar-refractivity contribution in [1.29, 1.82) is 0 Å². The van der Waals surface area contributed by atoms with E-state index in [1.165, 1.54) is 6.92 Å². The van der Waals surface area contributed by atoms with Gasteiger partial charge in [0.1, 0.15) is 0 Å². The Hall–Kier alpha value is -1.39. The molecule has 0 saturated heterocycles. The first-order valence-electron chi connectivity index (χ1n) is 2.60. The molecule has 1 heterocycles. The van der Waals surface area contributed by atoms with Gasteiger partial charge in [0.25, 0.3) is 0 Å². The average Bonchev–Trinajstić information content (AvgIpc) is 2.43. The number of hydrogen-bond acceptors (Lipinski definition) is 2. The van der Waals surface area contributed by atoms with Gasteiger partial charge in [0.05, 0.1) is 0 Å². The molecule has 0 bridgehead atoms. The lowest BCUT2D eigenvalue weighted by atomic mass is 10.2. The molecule has 1 amide bonds. The van der Waals surface area contributed by atoms with E-state index in [1.807, 2.05) is 0 Å². The molecule has 0 saturated carbocycles. The van der Waals surface area contributed by atoms with Gasteiger partial charge in [0.2, 0.25) is 6.21 Å². The van der Waals surface area contributed by atoms with E-state index in [0.717, 1.165) is 10.8 Å². The Bertz CT molecular complexity index is 244. The number of carboxylic acid groups (broad SMARTS) is 2. The predicted molar refractivity (Wildman–Crippen MR) is 30.4 cm³/mol. The van der Waals surface area contributed by atoms with Crippen LogP contribution >= 0.6 is 0 Å². The molecule has 0 fully saturated rings. The van der Waals surface area contributed by atoms with Crippen LogP contribution in [0.3, 0.4) is 0 Å². The van der Waals surface area contributed by atoms with E-state index in [-0.39, 0.29) is 0 Å². The van der Waals surface area contributed by atoms with Crippen LogP contribution in [0.25, 0.3) is 0 Å². The van der Waals surface area contributed by atoms with E-state index < -0.39 is 17.6 Å².